The molecule has 1 heterocycles. The summed E-state index contributed by atoms with van der Waals surface area (Å²) in [4.78, 5) is 0. The van der Waals surface area contributed by atoms with Crippen molar-refractivity contribution in [3.8, 4) is 0 Å². The van der Waals surface area contributed by atoms with Crippen LogP contribution in [-0.4, -0.2) is 32.5 Å². The summed E-state index contributed by atoms with van der Waals surface area (Å²) < 4.78 is 24.2. The highest BCUT2D eigenvalue weighted by atomic mass is 35.5. The molecule has 1 unspecified atom stereocenters. The number of piperidine rings is 1. The Morgan fingerprint density at radius 3 is 2.84 bits per heavy atom. The van der Waals surface area contributed by atoms with Crippen molar-refractivity contribution < 1.29 is 8.42 Å². The van der Waals surface area contributed by atoms with Crippen LogP contribution in [0.15, 0.2) is 24.3 Å². The Morgan fingerprint density at radius 2 is 2.16 bits per heavy atom. The number of benzene rings is 1. The van der Waals surface area contributed by atoms with Gasteiger partial charge in [-0.15, -0.1) is 0 Å². The molecule has 0 spiro atoms. The Balaban J connectivity index is 1.86. The number of nitrogens with one attached hydrogen (secondary N) is 1. The van der Waals surface area contributed by atoms with Crippen LogP contribution in [0.5, 0.6) is 0 Å². The van der Waals surface area contributed by atoms with Crippen LogP contribution in [0, 0.1) is 0 Å². The fourth-order valence-electron chi connectivity index (χ4n) is 2.42. The Hall–Kier alpha value is -0.580. The minimum Gasteiger partial charge on any atom is -0.313 e. The molecule has 1 aromatic carbocycles. The molecule has 5 heteroatoms. The first-order valence-corrected chi connectivity index (χ1v) is 8.93. The average molecular weight is 302 g/mol. The smallest absolute Gasteiger partial charge is 0.152 e. The Labute approximate surface area is 120 Å². The van der Waals surface area contributed by atoms with E-state index in [1.807, 2.05) is 18.2 Å². The SMILES string of the molecule is O=S(=O)(CCc1cccc(Cl)c1)CC1CCCCN1. The number of hydrogen-bond donors (Lipinski definition) is 1. The second-order valence-corrected chi connectivity index (χ2v) is 7.81. The molecule has 1 atom stereocenters. The third-order valence-corrected chi connectivity index (χ3v) is 5.43. The molecule has 106 valence electrons. The van der Waals surface area contributed by atoms with Crippen LogP contribution in [0.2, 0.25) is 5.02 Å². The van der Waals surface area contributed by atoms with E-state index in [2.05, 4.69) is 5.32 Å². The summed E-state index contributed by atoms with van der Waals surface area (Å²) in [5.41, 5.74) is 0.979. The van der Waals surface area contributed by atoms with E-state index in [4.69, 9.17) is 11.6 Å². The van der Waals surface area contributed by atoms with E-state index in [1.54, 1.807) is 6.07 Å². The van der Waals surface area contributed by atoms with E-state index < -0.39 is 9.84 Å². The first-order valence-electron chi connectivity index (χ1n) is 6.73. The van der Waals surface area contributed by atoms with Gasteiger partial charge in [0.2, 0.25) is 0 Å². The van der Waals surface area contributed by atoms with Crippen LogP contribution in [0.3, 0.4) is 0 Å². The molecule has 3 nitrogen and oxygen atoms in total. The molecular weight excluding hydrogens is 282 g/mol. The van der Waals surface area contributed by atoms with Gasteiger partial charge in [0.25, 0.3) is 0 Å². The fourth-order valence-corrected chi connectivity index (χ4v) is 4.25. The van der Waals surface area contributed by atoms with Gasteiger partial charge in [-0.05, 0) is 43.5 Å². The average Bonchev–Trinajstić information content (AvgIpc) is 2.37. The minimum atomic E-state index is -3.00. The lowest BCUT2D eigenvalue weighted by molar-refractivity contribution is 0.423. The van der Waals surface area contributed by atoms with E-state index in [-0.39, 0.29) is 17.5 Å². The van der Waals surface area contributed by atoms with Gasteiger partial charge in [-0.25, -0.2) is 8.42 Å². The third-order valence-electron chi connectivity index (χ3n) is 3.46. The molecule has 1 saturated heterocycles. The van der Waals surface area contributed by atoms with E-state index in [1.165, 1.54) is 0 Å². The van der Waals surface area contributed by atoms with Gasteiger partial charge in [0.15, 0.2) is 9.84 Å². The molecule has 0 aromatic heterocycles. The van der Waals surface area contributed by atoms with Gasteiger partial charge < -0.3 is 5.32 Å². The molecular formula is C14H20ClNO2S. The van der Waals surface area contributed by atoms with E-state index in [9.17, 15) is 8.42 Å². The predicted octanol–water partition coefficient (Wildman–Crippen LogP) is 2.44. The number of sulfone groups is 1. The lowest BCUT2D eigenvalue weighted by Crippen LogP contribution is -2.40. The number of halogens is 1. The summed E-state index contributed by atoms with van der Waals surface area (Å²) in [6, 6.07) is 7.53. The zero-order chi connectivity index (χ0) is 13.7. The van der Waals surface area contributed by atoms with Gasteiger partial charge in [-0.1, -0.05) is 30.2 Å². The third kappa shape index (κ3) is 5.13. The molecule has 0 saturated carbocycles. The topological polar surface area (TPSA) is 46.2 Å². The highest BCUT2D eigenvalue weighted by Crippen LogP contribution is 2.13. The monoisotopic (exact) mass is 301 g/mol. The molecule has 1 aromatic rings. The maximum atomic E-state index is 12.1. The highest BCUT2D eigenvalue weighted by molar-refractivity contribution is 7.91. The number of hydrogen-bond acceptors (Lipinski definition) is 3. The summed E-state index contributed by atoms with van der Waals surface area (Å²) in [6.07, 6.45) is 3.78. The molecule has 19 heavy (non-hydrogen) atoms. The van der Waals surface area contributed by atoms with Crippen molar-refractivity contribution in [1.82, 2.24) is 5.32 Å². The fraction of sp³-hybridized carbons (Fsp3) is 0.571. The lowest BCUT2D eigenvalue weighted by Gasteiger charge is -2.23. The zero-order valence-corrected chi connectivity index (χ0v) is 12.5. The van der Waals surface area contributed by atoms with Crippen molar-refractivity contribution in [3.05, 3.63) is 34.9 Å². The van der Waals surface area contributed by atoms with E-state index >= 15 is 0 Å². The van der Waals surface area contributed by atoms with E-state index in [0.29, 0.717) is 11.4 Å². The zero-order valence-electron chi connectivity index (χ0n) is 10.9. The van der Waals surface area contributed by atoms with Gasteiger partial charge in [-0.3, -0.25) is 0 Å². The largest absolute Gasteiger partial charge is 0.313 e. The quantitative estimate of drug-likeness (QED) is 0.908. The molecule has 0 aliphatic carbocycles. The van der Waals surface area contributed by atoms with Crippen LogP contribution < -0.4 is 5.32 Å². The maximum Gasteiger partial charge on any atom is 0.152 e. The van der Waals surface area contributed by atoms with Crippen LogP contribution in [-0.2, 0) is 16.3 Å². The second-order valence-electron chi connectivity index (χ2n) is 5.14. The summed E-state index contributed by atoms with van der Waals surface area (Å²) in [6.45, 7) is 0.939. The van der Waals surface area contributed by atoms with Crippen molar-refractivity contribution in [2.45, 2.75) is 31.7 Å². The van der Waals surface area contributed by atoms with Crippen molar-refractivity contribution in [1.29, 1.82) is 0 Å². The molecule has 2 rings (SSSR count). The number of rotatable bonds is 5. The van der Waals surface area contributed by atoms with Crippen molar-refractivity contribution in [2.75, 3.05) is 18.1 Å². The number of aryl methyl sites for hydroxylation is 1. The summed E-state index contributed by atoms with van der Waals surface area (Å²) >= 11 is 5.89. The molecule has 0 radical (unpaired) electrons. The summed E-state index contributed by atoms with van der Waals surface area (Å²) in [5, 5.41) is 3.94. The summed E-state index contributed by atoms with van der Waals surface area (Å²) in [5.74, 6) is 0.457. The van der Waals surface area contributed by atoms with Crippen LogP contribution >= 0.6 is 11.6 Å². The lowest BCUT2D eigenvalue weighted by atomic mass is 10.1. The standard InChI is InChI=1S/C14H20ClNO2S/c15-13-5-3-4-12(10-13)7-9-19(17,18)11-14-6-1-2-8-16-14/h3-5,10,14,16H,1-2,6-9,11H2. The molecule has 0 bridgehead atoms. The molecule has 1 aliphatic rings. The van der Waals surface area contributed by atoms with Crippen LogP contribution in [0.4, 0.5) is 0 Å². The Kier molecular flexibility index (Phi) is 5.25. The van der Waals surface area contributed by atoms with Crippen molar-refractivity contribution in [3.63, 3.8) is 0 Å². The normalized spacial score (nSPS) is 20.4. The second kappa shape index (κ2) is 6.73. The minimum absolute atomic E-state index is 0.137. The summed E-state index contributed by atoms with van der Waals surface area (Å²) in [7, 11) is -3.00. The van der Waals surface area contributed by atoms with Gasteiger partial charge in [0.05, 0.1) is 11.5 Å². The van der Waals surface area contributed by atoms with Crippen LogP contribution in [0.25, 0.3) is 0 Å². The van der Waals surface area contributed by atoms with Gasteiger partial charge in [0, 0.05) is 11.1 Å². The van der Waals surface area contributed by atoms with E-state index in [0.717, 1.165) is 31.4 Å². The van der Waals surface area contributed by atoms with Crippen LogP contribution in [0.1, 0.15) is 24.8 Å². The van der Waals surface area contributed by atoms with Gasteiger partial charge in [-0.2, -0.15) is 0 Å². The first kappa shape index (κ1) is 14.8. The van der Waals surface area contributed by atoms with Crippen molar-refractivity contribution in [2.24, 2.45) is 0 Å². The Bertz CT molecular complexity index is 510. The molecule has 1 aliphatic heterocycles. The highest BCUT2D eigenvalue weighted by Gasteiger charge is 2.20. The molecule has 0 amide bonds. The van der Waals surface area contributed by atoms with Crippen molar-refractivity contribution >= 4 is 21.4 Å². The van der Waals surface area contributed by atoms with Gasteiger partial charge in [0.1, 0.15) is 0 Å². The van der Waals surface area contributed by atoms with Gasteiger partial charge >= 0.3 is 0 Å². The first-order chi connectivity index (χ1) is 9.05. The maximum absolute atomic E-state index is 12.1. The molecule has 1 N–H and O–H groups in total. The molecule has 1 fully saturated rings. The Morgan fingerprint density at radius 1 is 1.32 bits per heavy atom. The predicted molar refractivity (Wildman–Crippen MR) is 79.5 cm³/mol.